The highest BCUT2D eigenvalue weighted by Gasteiger charge is 2.01. The van der Waals surface area contributed by atoms with Crippen LogP contribution in [0.3, 0.4) is 0 Å². The van der Waals surface area contributed by atoms with Crippen molar-refractivity contribution < 1.29 is 0 Å². The summed E-state index contributed by atoms with van der Waals surface area (Å²) in [7, 11) is 0. The van der Waals surface area contributed by atoms with Crippen molar-refractivity contribution in [3.05, 3.63) is 49.3 Å². The molecule has 0 aliphatic heterocycles. The van der Waals surface area contributed by atoms with Crippen LogP contribution in [-0.2, 0) is 6.54 Å². The molecule has 88 valence electrons. The number of hydrogen-bond acceptors (Lipinski definition) is 3. The van der Waals surface area contributed by atoms with Crippen LogP contribution in [0.1, 0.15) is 0 Å². The fourth-order valence-electron chi connectivity index (χ4n) is 1.52. The van der Waals surface area contributed by atoms with Gasteiger partial charge in [-0.25, -0.2) is 4.98 Å². The highest BCUT2D eigenvalue weighted by molar-refractivity contribution is 7.98. The Morgan fingerprint density at radius 2 is 2.18 bits per heavy atom. The molecule has 0 atom stereocenters. The highest BCUT2D eigenvalue weighted by Crippen LogP contribution is 2.20. The van der Waals surface area contributed by atoms with E-state index in [-0.39, 0.29) is 0 Å². The van der Waals surface area contributed by atoms with Crippen LogP contribution in [0.25, 0.3) is 0 Å². The van der Waals surface area contributed by atoms with Crippen molar-refractivity contribution in [3.8, 4) is 0 Å². The summed E-state index contributed by atoms with van der Waals surface area (Å²) in [5, 5.41) is 3.28. The van der Waals surface area contributed by atoms with E-state index in [4.69, 9.17) is 0 Å². The molecule has 1 N–H and O–H groups in total. The average molecular weight is 245 g/mol. The Morgan fingerprint density at radius 1 is 1.41 bits per heavy atom. The first kappa shape index (κ1) is 11.8. The number of anilines is 2. The number of benzene rings is 1. The average Bonchev–Trinajstić information content (AvgIpc) is 2.78. The van der Waals surface area contributed by atoms with E-state index in [0.717, 1.165) is 18.2 Å². The third-order valence-electron chi connectivity index (χ3n) is 2.39. The van der Waals surface area contributed by atoms with E-state index < -0.39 is 0 Å². The van der Waals surface area contributed by atoms with Gasteiger partial charge in [0.15, 0.2) is 0 Å². The SMILES string of the molecule is C=CCn1ccnc1Nc1ccc(SC)cc1. The monoisotopic (exact) mass is 245 g/mol. The molecule has 2 aromatic rings. The lowest BCUT2D eigenvalue weighted by atomic mass is 10.3. The van der Waals surface area contributed by atoms with Gasteiger partial charge in [-0.05, 0) is 30.5 Å². The first-order valence-corrected chi connectivity index (χ1v) is 6.59. The van der Waals surface area contributed by atoms with Crippen molar-refractivity contribution in [1.29, 1.82) is 0 Å². The largest absolute Gasteiger partial charge is 0.326 e. The summed E-state index contributed by atoms with van der Waals surface area (Å²) < 4.78 is 2.01. The molecule has 3 nitrogen and oxygen atoms in total. The predicted octanol–water partition coefficient (Wildman–Crippen LogP) is 3.53. The Labute approximate surface area is 106 Å². The fourth-order valence-corrected chi connectivity index (χ4v) is 1.93. The molecule has 2 rings (SSSR count). The first-order chi connectivity index (χ1) is 8.33. The summed E-state index contributed by atoms with van der Waals surface area (Å²) in [6.07, 6.45) is 7.63. The molecule has 0 radical (unpaired) electrons. The Hall–Kier alpha value is -1.68. The lowest BCUT2D eigenvalue weighted by Crippen LogP contribution is -2.01. The van der Waals surface area contributed by atoms with Gasteiger partial charge in [-0.15, -0.1) is 18.3 Å². The molecule has 0 aliphatic rings. The van der Waals surface area contributed by atoms with Crippen molar-refractivity contribution >= 4 is 23.4 Å². The van der Waals surface area contributed by atoms with E-state index in [2.05, 4.69) is 47.4 Å². The minimum absolute atomic E-state index is 0.755. The zero-order valence-electron chi connectivity index (χ0n) is 9.76. The fraction of sp³-hybridized carbons (Fsp3) is 0.154. The molecule has 0 unspecified atom stereocenters. The maximum absolute atomic E-state index is 4.27. The van der Waals surface area contributed by atoms with E-state index in [9.17, 15) is 0 Å². The predicted molar refractivity (Wildman–Crippen MR) is 73.9 cm³/mol. The van der Waals surface area contributed by atoms with Crippen LogP contribution in [0, 0.1) is 0 Å². The molecule has 1 aromatic carbocycles. The van der Waals surface area contributed by atoms with Gasteiger partial charge in [0, 0.05) is 29.5 Å². The molecule has 1 heterocycles. The summed E-state index contributed by atoms with van der Waals surface area (Å²) in [6, 6.07) is 8.29. The molecule has 1 aromatic heterocycles. The smallest absolute Gasteiger partial charge is 0.207 e. The lowest BCUT2D eigenvalue weighted by Gasteiger charge is -2.08. The van der Waals surface area contributed by atoms with Gasteiger partial charge in [0.25, 0.3) is 0 Å². The number of nitrogens with zero attached hydrogens (tertiary/aromatic N) is 2. The molecule has 17 heavy (non-hydrogen) atoms. The van der Waals surface area contributed by atoms with Crippen molar-refractivity contribution in [2.24, 2.45) is 0 Å². The third-order valence-corrected chi connectivity index (χ3v) is 3.13. The van der Waals surface area contributed by atoms with Gasteiger partial charge in [-0.2, -0.15) is 0 Å². The number of rotatable bonds is 5. The Kier molecular flexibility index (Phi) is 3.88. The molecular formula is C13H15N3S. The van der Waals surface area contributed by atoms with Gasteiger partial charge in [0.1, 0.15) is 0 Å². The molecule has 0 spiro atoms. The minimum Gasteiger partial charge on any atom is -0.326 e. The molecule has 0 bridgehead atoms. The van der Waals surface area contributed by atoms with Gasteiger partial charge >= 0.3 is 0 Å². The zero-order valence-corrected chi connectivity index (χ0v) is 10.6. The maximum Gasteiger partial charge on any atom is 0.207 e. The zero-order chi connectivity index (χ0) is 12.1. The Morgan fingerprint density at radius 3 is 2.82 bits per heavy atom. The van der Waals surface area contributed by atoms with Crippen LogP contribution in [0.4, 0.5) is 11.6 Å². The van der Waals surface area contributed by atoms with Crippen molar-refractivity contribution in [1.82, 2.24) is 9.55 Å². The number of aromatic nitrogens is 2. The topological polar surface area (TPSA) is 29.9 Å². The van der Waals surface area contributed by atoms with E-state index >= 15 is 0 Å². The molecule has 0 fully saturated rings. The maximum atomic E-state index is 4.27. The minimum atomic E-state index is 0.755. The summed E-state index contributed by atoms with van der Waals surface area (Å²) >= 11 is 1.73. The van der Waals surface area contributed by atoms with Gasteiger partial charge in [0.2, 0.25) is 5.95 Å². The van der Waals surface area contributed by atoms with Crippen LogP contribution in [0.5, 0.6) is 0 Å². The van der Waals surface area contributed by atoms with Crippen LogP contribution >= 0.6 is 11.8 Å². The molecule has 0 saturated heterocycles. The second-order valence-electron chi connectivity index (χ2n) is 3.55. The summed E-state index contributed by atoms with van der Waals surface area (Å²) in [6.45, 7) is 4.48. The number of imidazole rings is 1. The van der Waals surface area contributed by atoms with Crippen molar-refractivity contribution in [3.63, 3.8) is 0 Å². The summed E-state index contributed by atoms with van der Waals surface area (Å²) in [4.78, 5) is 5.53. The standard InChI is InChI=1S/C13H15N3S/c1-3-9-16-10-8-14-13(16)15-11-4-6-12(17-2)7-5-11/h3-8,10H,1,9H2,2H3,(H,14,15). The van der Waals surface area contributed by atoms with Crippen LogP contribution in [-0.4, -0.2) is 15.8 Å². The normalized spacial score (nSPS) is 10.2. The molecule has 0 amide bonds. The first-order valence-electron chi connectivity index (χ1n) is 5.36. The van der Waals surface area contributed by atoms with Gasteiger partial charge in [-0.1, -0.05) is 6.08 Å². The van der Waals surface area contributed by atoms with Gasteiger partial charge < -0.3 is 9.88 Å². The Bertz CT molecular complexity index is 488. The van der Waals surface area contributed by atoms with Crippen molar-refractivity contribution in [2.75, 3.05) is 11.6 Å². The number of nitrogens with one attached hydrogen (secondary N) is 1. The van der Waals surface area contributed by atoms with Gasteiger partial charge in [-0.3, -0.25) is 0 Å². The Balaban J connectivity index is 2.13. The second-order valence-corrected chi connectivity index (χ2v) is 4.43. The molecule has 0 aliphatic carbocycles. The van der Waals surface area contributed by atoms with Gasteiger partial charge in [0.05, 0.1) is 0 Å². The van der Waals surface area contributed by atoms with E-state index in [1.807, 2.05) is 16.8 Å². The third kappa shape index (κ3) is 2.91. The molecular weight excluding hydrogens is 230 g/mol. The lowest BCUT2D eigenvalue weighted by molar-refractivity contribution is 0.833. The van der Waals surface area contributed by atoms with Crippen LogP contribution < -0.4 is 5.32 Å². The van der Waals surface area contributed by atoms with E-state index in [1.54, 1.807) is 18.0 Å². The summed E-state index contributed by atoms with van der Waals surface area (Å²) in [5.41, 5.74) is 1.04. The summed E-state index contributed by atoms with van der Waals surface area (Å²) in [5.74, 6) is 0.835. The number of allylic oxidation sites excluding steroid dienone is 1. The van der Waals surface area contributed by atoms with E-state index in [1.165, 1.54) is 4.90 Å². The highest BCUT2D eigenvalue weighted by atomic mass is 32.2. The number of thioether (sulfide) groups is 1. The quantitative estimate of drug-likeness (QED) is 0.645. The number of hydrogen-bond donors (Lipinski definition) is 1. The van der Waals surface area contributed by atoms with Crippen LogP contribution in [0.15, 0.2) is 54.2 Å². The van der Waals surface area contributed by atoms with E-state index in [0.29, 0.717) is 0 Å². The second kappa shape index (κ2) is 5.59. The van der Waals surface area contributed by atoms with Crippen molar-refractivity contribution in [2.45, 2.75) is 11.4 Å². The van der Waals surface area contributed by atoms with Crippen LogP contribution in [0.2, 0.25) is 0 Å². The molecule has 0 saturated carbocycles. The molecule has 4 heteroatoms.